The second-order valence-corrected chi connectivity index (χ2v) is 6.66. The number of rotatable bonds is 6. The third-order valence-corrected chi connectivity index (χ3v) is 4.38. The summed E-state index contributed by atoms with van der Waals surface area (Å²) in [5.74, 6) is 3.08. The van der Waals surface area contributed by atoms with Crippen molar-refractivity contribution in [3.63, 3.8) is 0 Å². The van der Waals surface area contributed by atoms with Crippen LogP contribution in [0, 0.1) is 0 Å². The van der Waals surface area contributed by atoms with E-state index in [0.717, 1.165) is 27.4 Å². The second kappa shape index (κ2) is 9.18. The van der Waals surface area contributed by atoms with E-state index in [4.69, 9.17) is 4.74 Å². The summed E-state index contributed by atoms with van der Waals surface area (Å²) >= 11 is 3.51. The van der Waals surface area contributed by atoms with E-state index >= 15 is 0 Å². The van der Waals surface area contributed by atoms with Crippen molar-refractivity contribution in [1.29, 1.82) is 0 Å². The molecule has 0 saturated carbocycles. The zero-order chi connectivity index (χ0) is 19.1. The Kier molecular flexibility index (Phi) is 6.43. The van der Waals surface area contributed by atoms with Gasteiger partial charge in [-0.25, -0.2) is 4.98 Å². The number of nitrogens with zero attached hydrogens (tertiary/aromatic N) is 4. The minimum atomic E-state index is 0.532. The van der Waals surface area contributed by atoms with Gasteiger partial charge in [0.2, 0.25) is 0 Å². The molecule has 0 fully saturated rings. The Labute approximate surface area is 166 Å². The van der Waals surface area contributed by atoms with Crippen LogP contribution in [0.25, 0.3) is 0 Å². The average molecular weight is 429 g/mol. The molecule has 0 aliphatic carbocycles. The van der Waals surface area contributed by atoms with Crippen molar-refractivity contribution >= 4 is 21.9 Å². The van der Waals surface area contributed by atoms with Crippen molar-refractivity contribution in [2.75, 3.05) is 7.05 Å². The molecule has 0 atom stereocenters. The third-order valence-electron chi connectivity index (χ3n) is 3.89. The number of aryl methyl sites for hydroxylation is 1. The first-order valence-electron chi connectivity index (χ1n) is 8.44. The summed E-state index contributed by atoms with van der Waals surface area (Å²) in [4.78, 5) is 8.44. The number of benzene rings is 2. The Morgan fingerprint density at radius 2 is 1.93 bits per heavy atom. The predicted octanol–water partition coefficient (Wildman–Crippen LogP) is 3.24. The lowest BCUT2D eigenvalue weighted by atomic mass is 10.2. The van der Waals surface area contributed by atoms with Crippen molar-refractivity contribution in [2.24, 2.45) is 12.0 Å². The van der Waals surface area contributed by atoms with Crippen LogP contribution in [0.15, 0.2) is 64.3 Å². The van der Waals surface area contributed by atoms with E-state index in [0.29, 0.717) is 19.0 Å². The van der Waals surface area contributed by atoms with Crippen LogP contribution < -0.4 is 15.4 Å². The van der Waals surface area contributed by atoms with E-state index in [1.165, 1.54) is 6.33 Å². The highest BCUT2D eigenvalue weighted by molar-refractivity contribution is 9.10. The van der Waals surface area contributed by atoms with Crippen LogP contribution in [0.2, 0.25) is 0 Å². The van der Waals surface area contributed by atoms with Crippen LogP contribution in [-0.4, -0.2) is 27.8 Å². The molecule has 8 heteroatoms. The molecule has 2 N–H and O–H groups in total. The fourth-order valence-corrected chi connectivity index (χ4v) is 2.77. The highest BCUT2D eigenvalue weighted by Crippen LogP contribution is 2.28. The SMILES string of the molecule is CN=C(NCc1ccc(Br)cc1Oc1ccccc1)NCc1ncnn1C. The number of hydrogen-bond donors (Lipinski definition) is 2. The Bertz CT molecular complexity index is 910. The molecule has 1 heterocycles. The fraction of sp³-hybridized carbons (Fsp3) is 0.211. The number of halogens is 1. The molecule has 0 aliphatic rings. The highest BCUT2D eigenvalue weighted by Gasteiger charge is 2.08. The van der Waals surface area contributed by atoms with Gasteiger partial charge in [-0.2, -0.15) is 5.10 Å². The summed E-state index contributed by atoms with van der Waals surface area (Å²) in [7, 11) is 3.59. The maximum Gasteiger partial charge on any atom is 0.191 e. The van der Waals surface area contributed by atoms with Crippen molar-refractivity contribution < 1.29 is 4.74 Å². The number of para-hydroxylation sites is 1. The van der Waals surface area contributed by atoms with Crippen molar-refractivity contribution in [3.8, 4) is 11.5 Å². The van der Waals surface area contributed by atoms with Gasteiger partial charge in [-0.1, -0.05) is 40.2 Å². The minimum absolute atomic E-state index is 0.532. The number of guanidine groups is 1. The normalized spacial score (nSPS) is 11.3. The van der Waals surface area contributed by atoms with Gasteiger partial charge in [0, 0.05) is 30.7 Å². The smallest absolute Gasteiger partial charge is 0.191 e. The Morgan fingerprint density at radius 1 is 1.15 bits per heavy atom. The molecule has 0 spiro atoms. The highest BCUT2D eigenvalue weighted by atomic mass is 79.9. The lowest BCUT2D eigenvalue weighted by molar-refractivity contribution is 0.475. The van der Waals surface area contributed by atoms with Crippen LogP contribution in [0.3, 0.4) is 0 Å². The summed E-state index contributed by atoms with van der Waals surface area (Å²) < 4.78 is 8.72. The van der Waals surface area contributed by atoms with Crippen LogP contribution in [-0.2, 0) is 20.1 Å². The lowest BCUT2D eigenvalue weighted by Crippen LogP contribution is -2.37. The molecule has 0 bridgehead atoms. The van der Waals surface area contributed by atoms with E-state index < -0.39 is 0 Å². The molecule has 3 aromatic rings. The van der Waals surface area contributed by atoms with E-state index in [9.17, 15) is 0 Å². The van der Waals surface area contributed by atoms with E-state index in [1.54, 1.807) is 11.7 Å². The molecule has 3 rings (SSSR count). The molecule has 0 aliphatic heterocycles. The molecule has 0 amide bonds. The first-order chi connectivity index (χ1) is 13.2. The van der Waals surface area contributed by atoms with Gasteiger partial charge in [0.1, 0.15) is 23.7 Å². The maximum absolute atomic E-state index is 6.04. The summed E-state index contributed by atoms with van der Waals surface area (Å²) in [5.41, 5.74) is 1.02. The third kappa shape index (κ3) is 5.30. The van der Waals surface area contributed by atoms with E-state index in [1.807, 2.05) is 55.6 Å². The molecule has 7 nitrogen and oxygen atoms in total. The monoisotopic (exact) mass is 428 g/mol. The summed E-state index contributed by atoms with van der Waals surface area (Å²) in [6.07, 6.45) is 1.53. The second-order valence-electron chi connectivity index (χ2n) is 5.75. The van der Waals surface area contributed by atoms with Crippen LogP contribution in [0.4, 0.5) is 0 Å². The summed E-state index contributed by atoms with van der Waals surface area (Å²) in [6, 6.07) is 15.7. The minimum Gasteiger partial charge on any atom is -0.457 e. The van der Waals surface area contributed by atoms with Crippen LogP contribution >= 0.6 is 15.9 Å². The number of nitrogens with one attached hydrogen (secondary N) is 2. The number of hydrogen-bond acceptors (Lipinski definition) is 4. The zero-order valence-electron chi connectivity index (χ0n) is 15.2. The van der Waals surface area contributed by atoms with Gasteiger partial charge < -0.3 is 15.4 Å². The first-order valence-corrected chi connectivity index (χ1v) is 9.23. The quantitative estimate of drug-likeness (QED) is 0.465. The largest absolute Gasteiger partial charge is 0.457 e. The predicted molar refractivity (Wildman–Crippen MR) is 109 cm³/mol. The molecule has 2 aromatic carbocycles. The molecular weight excluding hydrogens is 408 g/mol. The van der Waals surface area contributed by atoms with Gasteiger partial charge in [0.15, 0.2) is 5.96 Å². The number of aromatic nitrogens is 3. The molecule has 0 radical (unpaired) electrons. The molecule has 27 heavy (non-hydrogen) atoms. The first kappa shape index (κ1) is 18.9. The number of ether oxygens (including phenoxy) is 1. The van der Waals surface area contributed by atoms with Gasteiger partial charge in [-0.3, -0.25) is 9.67 Å². The fourth-order valence-electron chi connectivity index (χ4n) is 2.43. The number of aliphatic imine (C=N–C) groups is 1. The Hall–Kier alpha value is -2.87. The van der Waals surface area contributed by atoms with Gasteiger partial charge >= 0.3 is 0 Å². The average Bonchev–Trinajstić information content (AvgIpc) is 3.09. The van der Waals surface area contributed by atoms with Crippen molar-refractivity contribution in [2.45, 2.75) is 13.1 Å². The van der Waals surface area contributed by atoms with Crippen LogP contribution in [0.5, 0.6) is 11.5 Å². The van der Waals surface area contributed by atoms with Gasteiger partial charge in [0.05, 0.1) is 6.54 Å². The van der Waals surface area contributed by atoms with Gasteiger partial charge in [-0.05, 0) is 24.3 Å². The van der Waals surface area contributed by atoms with Gasteiger partial charge in [0.25, 0.3) is 0 Å². The van der Waals surface area contributed by atoms with Crippen molar-refractivity contribution in [1.82, 2.24) is 25.4 Å². The van der Waals surface area contributed by atoms with E-state index in [2.05, 4.69) is 41.6 Å². The van der Waals surface area contributed by atoms with E-state index in [-0.39, 0.29) is 0 Å². The standard InChI is InChI=1S/C19H21BrN6O/c1-21-19(23-12-18-24-13-25-26(18)2)22-11-14-8-9-15(20)10-17(14)27-16-6-4-3-5-7-16/h3-10,13H,11-12H2,1-2H3,(H2,21,22,23). The molecular formula is C19H21BrN6O. The lowest BCUT2D eigenvalue weighted by Gasteiger charge is -2.15. The van der Waals surface area contributed by atoms with Crippen molar-refractivity contribution in [3.05, 3.63) is 70.7 Å². The Morgan fingerprint density at radius 3 is 2.63 bits per heavy atom. The molecule has 140 valence electrons. The zero-order valence-corrected chi connectivity index (χ0v) is 16.8. The Balaban J connectivity index is 1.65. The molecule has 0 unspecified atom stereocenters. The molecule has 0 saturated heterocycles. The summed E-state index contributed by atoms with van der Waals surface area (Å²) in [6.45, 7) is 1.10. The summed E-state index contributed by atoms with van der Waals surface area (Å²) in [5, 5.41) is 10.6. The van der Waals surface area contributed by atoms with Crippen LogP contribution in [0.1, 0.15) is 11.4 Å². The topological polar surface area (TPSA) is 76.4 Å². The molecule has 1 aromatic heterocycles. The maximum atomic E-state index is 6.04. The van der Waals surface area contributed by atoms with Gasteiger partial charge in [-0.15, -0.1) is 0 Å².